The van der Waals surface area contributed by atoms with Crippen LogP contribution in [0.4, 0.5) is 17.6 Å². The number of halogens is 4. The summed E-state index contributed by atoms with van der Waals surface area (Å²) in [4.78, 5) is 10.7. The Bertz CT molecular complexity index is 629. The molecule has 1 nitrogen and oxygen atoms in total. The molecule has 19 heavy (non-hydrogen) atoms. The third kappa shape index (κ3) is 2.09. The maximum atomic E-state index is 13.8. The summed E-state index contributed by atoms with van der Waals surface area (Å²) >= 11 is 0. The highest BCUT2D eigenvalue weighted by molar-refractivity contribution is 6.00. The zero-order valence-corrected chi connectivity index (χ0v) is 9.88. The first kappa shape index (κ1) is 13.5. The number of hydrogen-bond donors (Lipinski definition) is 0. The lowest BCUT2D eigenvalue weighted by Gasteiger charge is -2.24. The lowest BCUT2D eigenvalue weighted by Crippen LogP contribution is -2.35. The Labute approximate surface area is 106 Å². The van der Waals surface area contributed by atoms with Gasteiger partial charge in [-0.15, -0.1) is 0 Å². The maximum absolute atomic E-state index is 13.8. The van der Waals surface area contributed by atoms with E-state index in [1.165, 1.54) is 24.3 Å². The monoisotopic (exact) mass is 269 g/mol. The van der Waals surface area contributed by atoms with Gasteiger partial charge in [0.05, 0.1) is 0 Å². The molecule has 2 aromatic rings. The molecule has 0 amide bonds. The van der Waals surface area contributed by atoms with Gasteiger partial charge in [0.15, 0.2) is 0 Å². The van der Waals surface area contributed by atoms with Gasteiger partial charge in [0.2, 0.25) is 6.29 Å². The highest BCUT2D eigenvalue weighted by Gasteiger charge is 2.54. The molecule has 0 aliphatic rings. The summed E-state index contributed by atoms with van der Waals surface area (Å²) in [5.41, 5.74) is -0.732. The summed E-state index contributed by atoms with van der Waals surface area (Å²) in [6.07, 6.45) is 1.60. The molecule has 0 saturated carbocycles. The topological polar surface area (TPSA) is 17.1 Å². The number of fused-ring (bicyclic) bond motifs is 1. The minimum absolute atomic E-state index is 0.0644. The molecular formula is C14H9F4O. The minimum atomic E-state index is -4.31. The third-order valence-electron chi connectivity index (χ3n) is 2.92. The molecule has 99 valence electrons. The SMILES string of the molecule is CC(F)(F)C(F)(F)c1ccc([C]=O)c2ccccc12. The highest BCUT2D eigenvalue weighted by Crippen LogP contribution is 2.45. The first-order valence-electron chi connectivity index (χ1n) is 5.45. The standard InChI is InChI=1S/C14H9F4O/c1-13(15,16)14(17,18)12-7-6-9(8-19)10-4-2-3-5-11(10)12/h2-7H,1H3. The van der Waals surface area contributed by atoms with Gasteiger partial charge in [0.1, 0.15) is 0 Å². The average Bonchev–Trinajstić information content (AvgIpc) is 2.36. The number of benzene rings is 2. The maximum Gasteiger partial charge on any atom is 0.335 e. The molecule has 0 heterocycles. The number of hydrogen-bond acceptors (Lipinski definition) is 1. The van der Waals surface area contributed by atoms with Crippen molar-refractivity contribution < 1.29 is 22.4 Å². The van der Waals surface area contributed by atoms with E-state index in [9.17, 15) is 22.4 Å². The summed E-state index contributed by atoms with van der Waals surface area (Å²) in [7, 11) is 0. The summed E-state index contributed by atoms with van der Waals surface area (Å²) in [6, 6.07) is 7.61. The fourth-order valence-electron chi connectivity index (χ4n) is 1.90. The van der Waals surface area contributed by atoms with Gasteiger partial charge < -0.3 is 0 Å². The van der Waals surface area contributed by atoms with Gasteiger partial charge in [-0.3, -0.25) is 4.79 Å². The summed E-state index contributed by atoms with van der Waals surface area (Å²) in [6.45, 7) is 0.168. The van der Waals surface area contributed by atoms with Crippen LogP contribution in [0.5, 0.6) is 0 Å². The summed E-state index contributed by atoms with van der Waals surface area (Å²) in [5, 5.41) is 0.105. The Kier molecular flexibility index (Phi) is 3.08. The molecule has 0 aromatic heterocycles. The first-order valence-corrected chi connectivity index (χ1v) is 5.45. The first-order chi connectivity index (χ1) is 8.79. The quantitative estimate of drug-likeness (QED) is 0.768. The van der Waals surface area contributed by atoms with E-state index >= 15 is 0 Å². The van der Waals surface area contributed by atoms with Crippen molar-refractivity contribution in [3.05, 3.63) is 47.5 Å². The van der Waals surface area contributed by atoms with Crippen molar-refractivity contribution in [2.24, 2.45) is 0 Å². The van der Waals surface area contributed by atoms with Crippen LogP contribution >= 0.6 is 0 Å². The molecular weight excluding hydrogens is 260 g/mol. The Hall–Kier alpha value is -1.91. The summed E-state index contributed by atoms with van der Waals surface area (Å²) < 4.78 is 53.7. The van der Waals surface area contributed by atoms with Crippen molar-refractivity contribution in [3.8, 4) is 0 Å². The molecule has 0 fully saturated rings. The molecule has 2 rings (SSSR count). The third-order valence-corrected chi connectivity index (χ3v) is 2.92. The van der Waals surface area contributed by atoms with Crippen LogP contribution in [0.15, 0.2) is 36.4 Å². The lowest BCUT2D eigenvalue weighted by atomic mass is 9.94. The second-order valence-electron chi connectivity index (χ2n) is 4.27. The largest absolute Gasteiger partial charge is 0.335 e. The Morgan fingerprint density at radius 2 is 1.53 bits per heavy atom. The van der Waals surface area contributed by atoms with E-state index < -0.39 is 17.4 Å². The molecule has 0 spiro atoms. The number of rotatable bonds is 3. The highest BCUT2D eigenvalue weighted by atomic mass is 19.3. The fraction of sp³-hybridized carbons (Fsp3) is 0.214. The van der Waals surface area contributed by atoms with E-state index in [4.69, 9.17) is 0 Å². The Morgan fingerprint density at radius 3 is 2.05 bits per heavy atom. The second kappa shape index (κ2) is 4.33. The molecule has 1 radical (unpaired) electrons. The van der Waals surface area contributed by atoms with Crippen LogP contribution in [-0.4, -0.2) is 12.2 Å². The molecule has 0 unspecified atom stereocenters. The Morgan fingerprint density at radius 1 is 0.947 bits per heavy atom. The predicted molar refractivity (Wildman–Crippen MR) is 63.3 cm³/mol. The summed E-state index contributed by atoms with van der Waals surface area (Å²) in [5.74, 6) is -8.50. The van der Waals surface area contributed by atoms with Gasteiger partial charge in [0, 0.05) is 18.1 Å². The molecule has 0 aliphatic carbocycles. The van der Waals surface area contributed by atoms with Gasteiger partial charge in [-0.25, -0.2) is 0 Å². The van der Waals surface area contributed by atoms with Crippen LogP contribution in [0.3, 0.4) is 0 Å². The van der Waals surface area contributed by atoms with Crippen LogP contribution in [0.2, 0.25) is 0 Å². The van der Waals surface area contributed by atoms with Gasteiger partial charge in [-0.05, 0) is 16.8 Å². The van der Waals surface area contributed by atoms with Crippen LogP contribution < -0.4 is 0 Å². The van der Waals surface area contributed by atoms with E-state index in [1.54, 1.807) is 6.29 Å². The van der Waals surface area contributed by atoms with Crippen molar-refractivity contribution in [1.82, 2.24) is 0 Å². The zero-order chi connectivity index (χ0) is 14.3. The van der Waals surface area contributed by atoms with Crippen molar-refractivity contribution >= 4 is 17.1 Å². The van der Waals surface area contributed by atoms with E-state index in [2.05, 4.69) is 0 Å². The van der Waals surface area contributed by atoms with Gasteiger partial charge >= 0.3 is 11.8 Å². The van der Waals surface area contributed by atoms with Crippen LogP contribution in [0, 0.1) is 0 Å². The lowest BCUT2D eigenvalue weighted by molar-refractivity contribution is -0.204. The Balaban J connectivity index is 2.80. The van der Waals surface area contributed by atoms with Crippen molar-refractivity contribution in [2.45, 2.75) is 18.8 Å². The molecule has 0 bridgehead atoms. The zero-order valence-electron chi connectivity index (χ0n) is 9.88. The molecule has 0 aliphatic heterocycles. The van der Waals surface area contributed by atoms with Crippen LogP contribution in [0.25, 0.3) is 10.8 Å². The smallest absolute Gasteiger partial charge is 0.285 e. The van der Waals surface area contributed by atoms with E-state index in [1.807, 2.05) is 0 Å². The molecule has 0 saturated heterocycles. The normalized spacial score (nSPS) is 12.7. The van der Waals surface area contributed by atoms with Gasteiger partial charge in [0.25, 0.3) is 0 Å². The fourth-order valence-corrected chi connectivity index (χ4v) is 1.90. The van der Waals surface area contributed by atoms with Crippen LogP contribution in [-0.2, 0) is 10.7 Å². The average molecular weight is 269 g/mol. The number of carbonyl (C=O) groups excluding carboxylic acids is 1. The predicted octanol–water partition coefficient (Wildman–Crippen LogP) is 4.04. The van der Waals surface area contributed by atoms with E-state index in [0.717, 1.165) is 12.1 Å². The van der Waals surface area contributed by atoms with E-state index in [0.29, 0.717) is 0 Å². The van der Waals surface area contributed by atoms with Crippen molar-refractivity contribution in [1.29, 1.82) is 0 Å². The van der Waals surface area contributed by atoms with E-state index in [-0.39, 0.29) is 23.3 Å². The molecule has 5 heteroatoms. The molecule has 0 N–H and O–H groups in total. The van der Waals surface area contributed by atoms with Crippen LogP contribution in [0.1, 0.15) is 18.1 Å². The molecule has 0 atom stereocenters. The number of alkyl halides is 4. The second-order valence-corrected chi connectivity index (χ2v) is 4.27. The molecule has 2 aromatic carbocycles. The minimum Gasteiger partial charge on any atom is -0.285 e. The van der Waals surface area contributed by atoms with Crippen molar-refractivity contribution in [3.63, 3.8) is 0 Å². The van der Waals surface area contributed by atoms with Crippen molar-refractivity contribution in [2.75, 3.05) is 0 Å². The van der Waals surface area contributed by atoms with Gasteiger partial charge in [-0.1, -0.05) is 30.3 Å². The van der Waals surface area contributed by atoms with Gasteiger partial charge in [-0.2, -0.15) is 17.6 Å².